The number of terminal acetylenes is 1. The molecular formula is C27H24ClF3N4O2. The molecule has 0 saturated heterocycles. The summed E-state index contributed by atoms with van der Waals surface area (Å²) in [6.07, 6.45) is 1.66. The number of carbonyl (C=O) groups excluding carboxylic acids is 1. The van der Waals surface area contributed by atoms with Gasteiger partial charge in [0.15, 0.2) is 0 Å². The van der Waals surface area contributed by atoms with Gasteiger partial charge in [-0.15, -0.1) is 12.3 Å². The lowest BCUT2D eigenvalue weighted by atomic mass is 10.0. The van der Waals surface area contributed by atoms with E-state index in [1.165, 1.54) is 16.7 Å². The van der Waals surface area contributed by atoms with Crippen LogP contribution >= 0.6 is 11.6 Å². The van der Waals surface area contributed by atoms with Crippen LogP contribution in [0.4, 0.5) is 19.1 Å². The maximum Gasteiger partial charge on any atom is 0.416 e. The van der Waals surface area contributed by atoms with Crippen molar-refractivity contribution in [3.05, 3.63) is 91.9 Å². The van der Waals surface area contributed by atoms with Gasteiger partial charge in [-0.05, 0) is 48.9 Å². The van der Waals surface area contributed by atoms with E-state index in [0.717, 1.165) is 12.1 Å². The van der Waals surface area contributed by atoms with Gasteiger partial charge < -0.3 is 10.2 Å². The maximum absolute atomic E-state index is 13.5. The van der Waals surface area contributed by atoms with Crippen LogP contribution in [0, 0.1) is 12.3 Å². The third-order valence-corrected chi connectivity index (χ3v) is 6.51. The van der Waals surface area contributed by atoms with Gasteiger partial charge in [0.25, 0.3) is 11.5 Å². The van der Waals surface area contributed by atoms with Gasteiger partial charge in [0.05, 0.1) is 29.4 Å². The Morgan fingerprint density at radius 2 is 1.86 bits per heavy atom. The molecule has 1 aliphatic rings. The molecule has 0 spiro atoms. The van der Waals surface area contributed by atoms with Crippen LogP contribution < -0.4 is 10.9 Å². The van der Waals surface area contributed by atoms with Gasteiger partial charge in [-0.1, -0.05) is 23.7 Å². The zero-order chi connectivity index (χ0) is 26.7. The lowest BCUT2D eigenvalue weighted by molar-refractivity contribution is -0.137. The fourth-order valence-electron chi connectivity index (χ4n) is 4.19. The average Bonchev–Trinajstić information content (AvgIpc) is 2.88. The highest BCUT2D eigenvalue weighted by Crippen LogP contribution is 2.30. The summed E-state index contributed by atoms with van der Waals surface area (Å²) < 4.78 is 40.2. The Labute approximate surface area is 217 Å². The smallest absolute Gasteiger partial charge is 0.349 e. The standard InChI is InChI=1S/C27H24ClF3N4O2/c1-3-4-14-35-25(37)22-16-34(24(36)19-7-11-21(28)12-8-19)15-13-23(22)33-26(35)32-17(2)18-5-9-20(10-6-18)27(29,30)31/h1,5-12,17H,4,13-16H2,2H3,(H,32,33)/t17-/m0/s1. The van der Waals surface area contributed by atoms with Crippen LogP contribution in [0.3, 0.4) is 0 Å². The van der Waals surface area contributed by atoms with E-state index in [4.69, 9.17) is 18.0 Å². The average molecular weight is 529 g/mol. The second kappa shape index (κ2) is 10.7. The van der Waals surface area contributed by atoms with E-state index in [1.807, 2.05) is 0 Å². The summed E-state index contributed by atoms with van der Waals surface area (Å²) in [7, 11) is 0. The molecule has 1 N–H and O–H groups in total. The quantitative estimate of drug-likeness (QED) is 0.440. The molecule has 0 aliphatic carbocycles. The number of nitrogens with one attached hydrogen (secondary N) is 1. The number of benzene rings is 2. The molecule has 3 aromatic rings. The van der Waals surface area contributed by atoms with Crippen LogP contribution in [-0.2, 0) is 25.7 Å². The molecule has 4 rings (SSSR count). The van der Waals surface area contributed by atoms with E-state index in [0.29, 0.717) is 40.4 Å². The Hall–Kier alpha value is -3.77. The molecular weight excluding hydrogens is 505 g/mol. The number of nitrogens with zero attached hydrogens (tertiary/aromatic N) is 3. The number of carbonyl (C=O) groups is 1. The molecule has 2 heterocycles. The minimum absolute atomic E-state index is 0.105. The van der Waals surface area contributed by atoms with Crippen molar-refractivity contribution in [2.24, 2.45) is 0 Å². The second-order valence-electron chi connectivity index (χ2n) is 8.74. The van der Waals surface area contributed by atoms with Crippen molar-refractivity contribution in [3.63, 3.8) is 0 Å². The minimum atomic E-state index is -4.42. The molecule has 1 aromatic heterocycles. The van der Waals surface area contributed by atoms with Gasteiger partial charge in [0.1, 0.15) is 0 Å². The SMILES string of the molecule is C#CCCn1c(N[C@@H](C)c2ccc(C(F)(F)F)cc2)nc2c(c1=O)CN(C(=O)c1ccc(Cl)cc1)CC2. The molecule has 1 atom stereocenters. The van der Waals surface area contributed by atoms with Gasteiger partial charge in [-0.2, -0.15) is 13.2 Å². The first-order valence-electron chi connectivity index (χ1n) is 11.6. The van der Waals surface area contributed by atoms with Gasteiger partial charge >= 0.3 is 6.18 Å². The van der Waals surface area contributed by atoms with Gasteiger partial charge in [0, 0.05) is 36.5 Å². The Morgan fingerprint density at radius 1 is 1.19 bits per heavy atom. The van der Waals surface area contributed by atoms with Gasteiger partial charge in [-0.3, -0.25) is 14.2 Å². The molecule has 37 heavy (non-hydrogen) atoms. The van der Waals surface area contributed by atoms with Crippen molar-refractivity contribution in [2.75, 3.05) is 11.9 Å². The summed E-state index contributed by atoms with van der Waals surface area (Å²) >= 11 is 5.92. The molecule has 192 valence electrons. The highest BCUT2D eigenvalue weighted by Gasteiger charge is 2.30. The molecule has 6 nitrogen and oxygen atoms in total. The van der Waals surface area contributed by atoms with Crippen molar-refractivity contribution in [2.45, 2.75) is 45.1 Å². The normalized spacial score (nSPS) is 14.0. The number of alkyl halides is 3. The van der Waals surface area contributed by atoms with E-state index < -0.39 is 17.8 Å². The Balaban J connectivity index is 1.61. The topological polar surface area (TPSA) is 67.2 Å². The zero-order valence-electron chi connectivity index (χ0n) is 20.0. The molecule has 0 radical (unpaired) electrons. The summed E-state index contributed by atoms with van der Waals surface area (Å²) in [5, 5.41) is 3.68. The van der Waals surface area contributed by atoms with E-state index in [2.05, 4.69) is 16.2 Å². The monoisotopic (exact) mass is 528 g/mol. The van der Waals surface area contributed by atoms with E-state index in [-0.39, 0.29) is 36.9 Å². The number of hydrogen-bond donors (Lipinski definition) is 1. The van der Waals surface area contributed by atoms with Crippen molar-refractivity contribution in [3.8, 4) is 12.3 Å². The van der Waals surface area contributed by atoms with Crippen molar-refractivity contribution in [1.29, 1.82) is 0 Å². The molecule has 1 amide bonds. The third kappa shape index (κ3) is 5.81. The fraction of sp³-hybridized carbons (Fsp3) is 0.296. The summed E-state index contributed by atoms with van der Waals surface area (Å²) in [4.78, 5) is 32.8. The first-order valence-corrected chi connectivity index (χ1v) is 12.0. The summed E-state index contributed by atoms with van der Waals surface area (Å²) in [5.74, 6) is 2.58. The highest BCUT2D eigenvalue weighted by molar-refractivity contribution is 6.30. The number of rotatable bonds is 6. The summed E-state index contributed by atoms with van der Waals surface area (Å²) in [6.45, 7) is 2.45. The molecule has 0 fully saturated rings. The van der Waals surface area contributed by atoms with Crippen LogP contribution in [0.25, 0.3) is 0 Å². The molecule has 0 bridgehead atoms. The van der Waals surface area contributed by atoms with Crippen LogP contribution in [0.15, 0.2) is 53.3 Å². The number of amides is 1. The van der Waals surface area contributed by atoms with E-state index in [1.54, 1.807) is 36.1 Å². The Bertz CT molecular complexity index is 1390. The molecule has 1 aliphatic heterocycles. The van der Waals surface area contributed by atoms with Crippen molar-refractivity contribution < 1.29 is 18.0 Å². The maximum atomic E-state index is 13.5. The first-order chi connectivity index (χ1) is 17.6. The second-order valence-corrected chi connectivity index (χ2v) is 9.18. The Kier molecular flexibility index (Phi) is 7.60. The largest absolute Gasteiger partial charge is 0.416 e. The third-order valence-electron chi connectivity index (χ3n) is 6.26. The Morgan fingerprint density at radius 3 is 2.49 bits per heavy atom. The van der Waals surface area contributed by atoms with Gasteiger partial charge in [0.2, 0.25) is 5.95 Å². The first kappa shape index (κ1) is 26.3. The molecule has 0 unspecified atom stereocenters. The van der Waals surface area contributed by atoms with Crippen LogP contribution in [-0.4, -0.2) is 26.9 Å². The lowest BCUT2D eigenvalue weighted by Crippen LogP contribution is -2.41. The van der Waals surface area contributed by atoms with Crippen molar-refractivity contribution >= 4 is 23.5 Å². The van der Waals surface area contributed by atoms with E-state index >= 15 is 0 Å². The summed E-state index contributed by atoms with van der Waals surface area (Å²) in [5.41, 5.74) is 1.01. The molecule has 10 heteroatoms. The lowest BCUT2D eigenvalue weighted by Gasteiger charge is -2.29. The number of fused-ring (bicyclic) bond motifs is 1. The van der Waals surface area contributed by atoms with Crippen LogP contribution in [0.2, 0.25) is 5.02 Å². The predicted octanol–water partition coefficient (Wildman–Crippen LogP) is 5.31. The minimum Gasteiger partial charge on any atom is -0.349 e. The number of aromatic nitrogens is 2. The van der Waals surface area contributed by atoms with Gasteiger partial charge in [-0.25, -0.2) is 4.98 Å². The van der Waals surface area contributed by atoms with Crippen molar-refractivity contribution in [1.82, 2.24) is 14.5 Å². The number of hydrogen-bond acceptors (Lipinski definition) is 4. The highest BCUT2D eigenvalue weighted by atomic mass is 35.5. The molecule has 2 aromatic carbocycles. The van der Waals surface area contributed by atoms with E-state index in [9.17, 15) is 22.8 Å². The van der Waals surface area contributed by atoms with Crippen LogP contribution in [0.5, 0.6) is 0 Å². The van der Waals surface area contributed by atoms with Crippen LogP contribution in [0.1, 0.15) is 52.1 Å². The number of anilines is 1. The predicted molar refractivity (Wildman–Crippen MR) is 135 cm³/mol. The zero-order valence-corrected chi connectivity index (χ0v) is 20.7. The fourth-order valence-corrected chi connectivity index (χ4v) is 4.32. The molecule has 0 saturated carbocycles. The number of halogens is 4. The summed E-state index contributed by atoms with van der Waals surface area (Å²) in [6, 6.07) is 10.9.